The molecular weight excluding hydrogens is 254 g/mol. The van der Waals surface area contributed by atoms with Crippen molar-refractivity contribution in [2.75, 3.05) is 7.11 Å². The van der Waals surface area contributed by atoms with Crippen LogP contribution in [0, 0.1) is 0 Å². The lowest BCUT2D eigenvalue weighted by molar-refractivity contribution is 0.411. The molecule has 0 aliphatic rings. The predicted octanol–water partition coefficient (Wildman–Crippen LogP) is 3.96. The summed E-state index contributed by atoms with van der Waals surface area (Å²) in [7, 11) is 1.68. The third-order valence-electron chi connectivity index (χ3n) is 3.32. The molecule has 0 bridgehead atoms. The molecule has 1 heterocycles. The first-order valence-corrected chi connectivity index (χ1v) is 7.04. The molecule has 3 heteroatoms. The maximum atomic E-state index is 6.43. The summed E-state index contributed by atoms with van der Waals surface area (Å²) < 4.78 is 5.37. The molecule has 2 N–H and O–H groups in total. The van der Waals surface area contributed by atoms with Gasteiger partial charge < -0.3 is 10.5 Å². The molecule has 3 rings (SSSR count). The van der Waals surface area contributed by atoms with E-state index in [1.165, 1.54) is 10.8 Å². The van der Waals surface area contributed by atoms with Gasteiger partial charge >= 0.3 is 0 Å². The van der Waals surface area contributed by atoms with Crippen molar-refractivity contribution in [2.45, 2.75) is 6.04 Å². The number of methoxy groups -OCH3 is 1. The van der Waals surface area contributed by atoms with Gasteiger partial charge in [-0.3, -0.25) is 0 Å². The summed E-state index contributed by atoms with van der Waals surface area (Å²) in [5.41, 5.74) is 7.57. The van der Waals surface area contributed by atoms with Gasteiger partial charge in [-0.1, -0.05) is 42.5 Å². The smallest absolute Gasteiger partial charge is 0.134 e. The van der Waals surface area contributed by atoms with Crippen molar-refractivity contribution >= 4 is 22.1 Å². The van der Waals surface area contributed by atoms with E-state index in [0.29, 0.717) is 0 Å². The molecule has 0 radical (unpaired) electrons. The van der Waals surface area contributed by atoms with E-state index in [0.717, 1.165) is 16.2 Å². The zero-order valence-electron chi connectivity index (χ0n) is 10.7. The first-order chi connectivity index (χ1) is 9.31. The molecule has 0 saturated carbocycles. The van der Waals surface area contributed by atoms with Gasteiger partial charge in [-0.2, -0.15) is 0 Å². The number of nitrogens with two attached hydrogens (primary N) is 1. The van der Waals surface area contributed by atoms with E-state index in [1.54, 1.807) is 18.4 Å². The molecule has 0 amide bonds. The van der Waals surface area contributed by atoms with Crippen molar-refractivity contribution in [3.8, 4) is 5.75 Å². The van der Waals surface area contributed by atoms with Crippen molar-refractivity contribution in [3.05, 3.63) is 64.4 Å². The van der Waals surface area contributed by atoms with Gasteiger partial charge in [0.15, 0.2) is 0 Å². The van der Waals surface area contributed by atoms with E-state index in [-0.39, 0.29) is 6.04 Å². The number of hydrogen-bond donors (Lipinski definition) is 1. The van der Waals surface area contributed by atoms with Crippen LogP contribution in [-0.4, -0.2) is 7.11 Å². The molecule has 1 unspecified atom stereocenters. The summed E-state index contributed by atoms with van der Waals surface area (Å²) in [5.74, 6) is 0.866. The lowest BCUT2D eigenvalue weighted by Gasteiger charge is -2.15. The van der Waals surface area contributed by atoms with Gasteiger partial charge in [0.1, 0.15) is 5.75 Å². The highest BCUT2D eigenvalue weighted by Crippen LogP contribution is 2.35. The second-order valence-electron chi connectivity index (χ2n) is 4.40. The highest BCUT2D eigenvalue weighted by atomic mass is 32.1. The van der Waals surface area contributed by atoms with E-state index in [2.05, 4.69) is 30.3 Å². The van der Waals surface area contributed by atoms with Crippen LogP contribution in [0.3, 0.4) is 0 Å². The van der Waals surface area contributed by atoms with E-state index in [4.69, 9.17) is 10.5 Å². The summed E-state index contributed by atoms with van der Waals surface area (Å²) in [6, 6.07) is 16.4. The number of benzene rings is 2. The SMILES string of the molecule is COc1ccsc1C(N)c1cccc2ccccc12. The second kappa shape index (κ2) is 5.03. The molecule has 0 saturated heterocycles. The third kappa shape index (κ3) is 2.11. The van der Waals surface area contributed by atoms with Crippen LogP contribution in [0.4, 0.5) is 0 Å². The lowest BCUT2D eigenvalue weighted by Crippen LogP contribution is -2.11. The normalized spacial score (nSPS) is 12.5. The van der Waals surface area contributed by atoms with Crippen molar-refractivity contribution in [2.24, 2.45) is 5.73 Å². The average Bonchev–Trinajstić information content (AvgIpc) is 2.94. The monoisotopic (exact) mass is 269 g/mol. The van der Waals surface area contributed by atoms with Crippen LogP contribution in [0.25, 0.3) is 10.8 Å². The Kier molecular flexibility index (Phi) is 3.23. The zero-order chi connectivity index (χ0) is 13.2. The van der Waals surface area contributed by atoms with Crippen LogP contribution in [0.1, 0.15) is 16.5 Å². The molecule has 0 aliphatic carbocycles. The molecule has 1 aromatic heterocycles. The second-order valence-corrected chi connectivity index (χ2v) is 5.35. The fourth-order valence-electron chi connectivity index (χ4n) is 2.37. The van der Waals surface area contributed by atoms with E-state index < -0.39 is 0 Å². The molecule has 0 aliphatic heterocycles. The fourth-order valence-corrected chi connectivity index (χ4v) is 3.25. The van der Waals surface area contributed by atoms with Crippen molar-refractivity contribution in [3.63, 3.8) is 0 Å². The maximum absolute atomic E-state index is 6.43. The fraction of sp³-hybridized carbons (Fsp3) is 0.125. The summed E-state index contributed by atoms with van der Waals surface area (Å²) in [4.78, 5) is 1.07. The van der Waals surface area contributed by atoms with Crippen LogP contribution in [0.15, 0.2) is 53.9 Å². The molecule has 2 aromatic carbocycles. The number of fused-ring (bicyclic) bond motifs is 1. The number of rotatable bonds is 3. The number of hydrogen-bond acceptors (Lipinski definition) is 3. The summed E-state index contributed by atoms with van der Waals surface area (Å²) in [6.07, 6.45) is 0. The Balaban J connectivity index is 2.14. The highest BCUT2D eigenvalue weighted by Gasteiger charge is 2.17. The Labute approximate surface area is 116 Å². The quantitative estimate of drug-likeness (QED) is 0.781. The van der Waals surface area contributed by atoms with E-state index in [1.807, 2.05) is 23.6 Å². The van der Waals surface area contributed by atoms with Gasteiger partial charge in [-0.15, -0.1) is 11.3 Å². The molecule has 0 spiro atoms. The highest BCUT2D eigenvalue weighted by molar-refractivity contribution is 7.10. The Morgan fingerprint density at radius 3 is 2.68 bits per heavy atom. The molecule has 0 fully saturated rings. The minimum absolute atomic E-state index is 0.152. The topological polar surface area (TPSA) is 35.2 Å². The zero-order valence-corrected chi connectivity index (χ0v) is 11.5. The Morgan fingerprint density at radius 2 is 1.84 bits per heavy atom. The predicted molar refractivity (Wildman–Crippen MR) is 80.8 cm³/mol. The van der Waals surface area contributed by atoms with Crippen LogP contribution >= 0.6 is 11.3 Å². The minimum Gasteiger partial charge on any atom is -0.496 e. The van der Waals surface area contributed by atoms with Gasteiger partial charge in [0.05, 0.1) is 18.0 Å². The number of thiophene rings is 1. The average molecular weight is 269 g/mol. The van der Waals surface area contributed by atoms with Gasteiger partial charge in [-0.05, 0) is 27.8 Å². The van der Waals surface area contributed by atoms with Gasteiger partial charge in [0.25, 0.3) is 0 Å². The molecule has 3 aromatic rings. The molecule has 2 nitrogen and oxygen atoms in total. The van der Waals surface area contributed by atoms with Crippen molar-refractivity contribution in [1.82, 2.24) is 0 Å². The standard InChI is InChI=1S/C16H15NOS/c1-18-14-9-10-19-16(14)15(17)13-8-4-6-11-5-2-3-7-12(11)13/h2-10,15H,17H2,1H3. The van der Waals surface area contributed by atoms with Crippen molar-refractivity contribution < 1.29 is 4.74 Å². The van der Waals surface area contributed by atoms with Crippen LogP contribution < -0.4 is 10.5 Å². The number of ether oxygens (including phenoxy) is 1. The molecular formula is C16H15NOS. The van der Waals surface area contributed by atoms with E-state index in [9.17, 15) is 0 Å². The Morgan fingerprint density at radius 1 is 1.05 bits per heavy atom. The third-order valence-corrected chi connectivity index (χ3v) is 4.30. The molecule has 1 atom stereocenters. The Bertz CT molecular complexity index is 699. The van der Waals surface area contributed by atoms with Gasteiger partial charge in [0.2, 0.25) is 0 Å². The maximum Gasteiger partial charge on any atom is 0.134 e. The largest absolute Gasteiger partial charge is 0.496 e. The lowest BCUT2D eigenvalue weighted by atomic mass is 9.98. The van der Waals surface area contributed by atoms with Crippen LogP contribution in [-0.2, 0) is 0 Å². The van der Waals surface area contributed by atoms with Crippen molar-refractivity contribution in [1.29, 1.82) is 0 Å². The van der Waals surface area contributed by atoms with Gasteiger partial charge in [0, 0.05) is 0 Å². The molecule has 96 valence electrons. The Hall–Kier alpha value is -1.84. The first-order valence-electron chi connectivity index (χ1n) is 6.16. The summed E-state index contributed by atoms with van der Waals surface area (Å²) in [6.45, 7) is 0. The summed E-state index contributed by atoms with van der Waals surface area (Å²) >= 11 is 1.64. The first kappa shape index (κ1) is 12.2. The van der Waals surface area contributed by atoms with E-state index >= 15 is 0 Å². The van der Waals surface area contributed by atoms with Gasteiger partial charge in [-0.25, -0.2) is 0 Å². The minimum atomic E-state index is -0.152. The molecule has 19 heavy (non-hydrogen) atoms. The van der Waals surface area contributed by atoms with Crippen LogP contribution in [0.2, 0.25) is 0 Å². The summed E-state index contributed by atoms with van der Waals surface area (Å²) in [5, 5.41) is 4.43. The van der Waals surface area contributed by atoms with Crippen LogP contribution in [0.5, 0.6) is 5.75 Å².